The molecule has 9 heteroatoms. The number of hydrogen-bond acceptors (Lipinski definition) is 6. The number of carbonyl (C=O) groups excluding carboxylic acids is 3. The van der Waals surface area contributed by atoms with Gasteiger partial charge in [0.05, 0.1) is 12.0 Å². The Morgan fingerprint density at radius 3 is 2.62 bits per heavy atom. The molecule has 0 saturated carbocycles. The zero-order chi connectivity index (χ0) is 18.7. The minimum atomic E-state index is -0.530. The van der Waals surface area contributed by atoms with Crippen LogP contribution in [0.15, 0.2) is 50.4 Å². The van der Waals surface area contributed by atoms with Crippen LogP contribution in [0.25, 0.3) is 6.08 Å². The number of halogens is 1. The normalized spacial score (nSPS) is 15.6. The van der Waals surface area contributed by atoms with Gasteiger partial charge in [-0.3, -0.25) is 19.3 Å². The molecule has 0 spiro atoms. The Bertz CT molecular complexity index is 891. The van der Waals surface area contributed by atoms with Gasteiger partial charge in [-0.05, 0) is 64.1 Å². The molecule has 7 nitrogen and oxygen atoms in total. The Morgan fingerprint density at radius 2 is 2.00 bits per heavy atom. The number of nitrogens with zero attached hydrogens (tertiary/aromatic N) is 1. The fourth-order valence-corrected chi connectivity index (χ4v) is 3.33. The van der Waals surface area contributed by atoms with Gasteiger partial charge in [-0.2, -0.15) is 0 Å². The van der Waals surface area contributed by atoms with Crippen molar-refractivity contribution in [3.63, 3.8) is 0 Å². The number of thioether (sulfide) groups is 1. The third-order valence-electron chi connectivity index (χ3n) is 3.42. The van der Waals surface area contributed by atoms with Crippen LogP contribution in [0, 0.1) is 0 Å². The quantitative estimate of drug-likeness (QED) is 0.718. The van der Waals surface area contributed by atoms with E-state index in [0.29, 0.717) is 21.9 Å². The summed E-state index contributed by atoms with van der Waals surface area (Å²) in [4.78, 5) is 37.7. The summed E-state index contributed by atoms with van der Waals surface area (Å²) >= 11 is 3.93. The maximum absolute atomic E-state index is 12.4. The predicted octanol–water partition coefficient (Wildman–Crippen LogP) is 3.73. The number of rotatable bonds is 5. The maximum atomic E-state index is 12.4. The molecule has 1 aromatic carbocycles. The average Bonchev–Trinajstić information content (AvgIpc) is 3.14. The second-order valence-electron chi connectivity index (χ2n) is 5.19. The van der Waals surface area contributed by atoms with Crippen molar-refractivity contribution >= 4 is 56.5 Å². The van der Waals surface area contributed by atoms with E-state index in [2.05, 4.69) is 21.2 Å². The van der Waals surface area contributed by atoms with Crippen molar-refractivity contribution < 1.29 is 23.5 Å². The van der Waals surface area contributed by atoms with Crippen LogP contribution >= 0.6 is 27.7 Å². The lowest BCUT2D eigenvalue weighted by molar-refractivity contribution is -0.127. The van der Waals surface area contributed by atoms with E-state index in [1.165, 1.54) is 6.08 Å². The first-order valence-corrected chi connectivity index (χ1v) is 9.02. The van der Waals surface area contributed by atoms with Crippen molar-refractivity contribution in [2.75, 3.05) is 19.0 Å². The van der Waals surface area contributed by atoms with Crippen LogP contribution in [-0.4, -0.2) is 35.6 Å². The predicted molar refractivity (Wildman–Crippen MR) is 101 cm³/mol. The van der Waals surface area contributed by atoms with Gasteiger partial charge in [-0.15, -0.1) is 0 Å². The Hall–Kier alpha value is -2.52. The lowest BCUT2D eigenvalue weighted by Gasteiger charge is -2.12. The zero-order valence-corrected chi connectivity index (χ0v) is 15.9. The molecule has 3 amide bonds. The van der Waals surface area contributed by atoms with E-state index in [4.69, 9.17) is 9.15 Å². The molecule has 1 N–H and O–H groups in total. The third-order valence-corrected chi connectivity index (χ3v) is 4.75. The first kappa shape index (κ1) is 18.3. The fraction of sp³-hybridized carbons (Fsp3) is 0.118. The van der Waals surface area contributed by atoms with Gasteiger partial charge in [0, 0.05) is 11.8 Å². The molecule has 3 rings (SSSR count). The van der Waals surface area contributed by atoms with Gasteiger partial charge in [-0.25, -0.2) is 0 Å². The smallest absolute Gasteiger partial charge is 0.294 e. The summed E-state index contributed by atoms with van der Waals surface area (Å²) in [6.07, 6.45) is 1.47. The molecule has 1 saturated heterocycles. The first-order chi connectivity index (χ1) is 12.5. The van der Waals surface area contributed by atoms with Crippen LogP contribution in [0.1, 0.15) is 5.76 Å². The van der Waals surface area contributed by atoms with Crippen molar-refractivity contribution in [3.05, 3.63) is 51.7 Å². The van der Waals surface area contributed by atoms with Crippen LogP contribution in [0.4, 0.5) is 10.5 Å². The summed E-state index contributed by atoms with van der Waals surface area (Å²) in [6, 6.07) is 10.1. The highest BCUT2D eigenvalue weighted by Crippen LogP contribution is 2.32. The summed E-state index contributed by atoms with van der Waals surface area (Å²) < 4.78 is 10.9. The van der Waals surface area contributed by atoms with E-state index in [9.17, 15) is 14.4 Å². The highest BCUT2D eigenvalue weighted by atomic mass is 79.9. The molecule has 1 aromatic heterocycles. The molecule has 1 aliphatic rings. The van der Waals surface area contributed by atoms with Crippen molar-refractivity contribution in [3.8, 4) is 5.75 Å². The molecule has 1 aliphatic heterocycles. The number of ether oxygens (including phenoxy) is 1. The molecule has 0 radical (unpaired) electrons. The molecule has 2 aromatic rings. The number of furan rings is 1. The standard InChI is InChI=1S/C17H13BrN2O5S/c1-24-11-4-2-10(3-5-11)19-15(21)9-20-16(22)13(26-17(20)23)8-12-6-7-14(18)25-12/h2-8H,9H2,1H3,(H,19,21)/b13-8+. The van der Waals surface area contributed by atoms with Crippen molar-refractivity contribution in [1.29, 1.82) is 0 Å². The Labute approximate surface area is 161 Å². The number of hydrogen-bond donors (Lipinski definition) is 1. The second-order valence-corrected chi connectivity index (χ2v) is 6.96. The molecule has 0 bridgehead atoms. The molecule has 0 unspecified atom stereocenters. The summed E-state index contributed by atoms with van der Waals surface area (Å²) in [5.74, 6) is 0.0885. The number of anilines is 1. The van der Waals surface area contributed by atoms with E-state index in [0.717, 1.165) is 16.7 Å². The SMILES string of the molecule is COc1ccc(NC(=O)CN2C(=O)S/C(=C/c3ccc(Br)o3)C2=O)cc1. The summed E-state index contributed by atoms with van der Waals surface area (Å²) in [5, 5.41) is 2.13. The minimum Gasteiger partial charge on any atom is -0.497 e. The molecule has 26 heavy (non-hydrogen) atoms. The third kappa shape index (κ3) is 4.17. The highest BCUT2D eigenvalue weighted by Gasteiger charge is 2.36. The van der Waals surface area contributed by atoms with E-state index in [1.807, 2.05) is 0 Å². The molecular weight excluding hydrogens is 424 g/mol. The lowest BCUT2D eigenvalue weighted by Crippen LogP contribution is -2.36. The van der Waals surface area contributed by atoms with Gasteiger partial charge in [0.25, 0.3) is 11.1 Å². The first-order valence-electron chi connectivity index (χ1n) is 7.41. The van der Waals surface area contributed by atoms with Crippen LogP contribution in [-0.2, 0) is 9.59 Å². The summed E-state index contributed by atoms with van der Waals surface area (Å²) in [5.41, 5.74) is 0.541. The number of carbonyl (C=O) groups is 3. The summed E-state index contributed by atoms with van der Waals surface area (Å²) in [7, 11) is 1.54. The van der Waals surface area contributed by atoms with Crippen LogP contribution in [0.3, 0.4) is 0 Å². The van der Waals surface area contributed by atoms with Gasteiger partial charge in [0.1, 0.15) is 18.1 Å². The van der Waals surface area contributed by atoms with Crippen LogP contribution in [0.5, 0.6) is 5.75 Å². The summed E-state index contributed by atoms with van der Waals surface area (Å²) in [6.45, 7) is -0.365. The van der Waals surface area contributed by atoms with Crippen LogP contribution < -0.4 is 10.1 Å². The molecule has 0 aliphatic carbocycles. The van der Waals surface area contributed by atoms with Crippen LogP contribution in [0.2, 0.25) is 0 Å². The van der Waals surface area contributed by atoms with Gasteiger partial charge in [-0.1, -0.05) is 0 Å². The largest absolute Gasteiger partial charge is 0.497 e. The number of imide groups is 1. The molecule has 0 atom stereocenters. The average molecular weight is 437 g/mol. The maximum Gasteiger partial charge on any atom is 0.294 e. The van der Waals surface area contributed by atoms with Gasteiger partial charge < -0.3 is 14.5 Å². The van der Waals surface area contributed by atoms with E-state index in [1.54, 1.807) is 43.5 Å². The minimum absolute atomic E-state index is 0.203. The van der Waals surface area contributed by atoms with Crippen molar-refractivity contribution in [2.45, 2.75) is 0 Å². The second kappa shape index (κ2) is 7.79. The van der Waals surface area contributed by atoms with E-state index >= 15 is 0 Å². The topological polar surface area (TPSA) is 88.8 Å². The van der Waals surface area contributed by atoms with E-state index in [-0.39, 0.29) is 11.4 Å². The number of benzene rings is 1. The molecule has 134 valence electrons. The van der Waals surface area contributed by atoms with Gasteiger partial charge in [0.2, 0.25) is 5.91 Å². The number of methoxy groups -OCH3 is 1. The zero-order valence-electron chi connectivity index (χ0n) is 13.5. The van der Waals surface area contributed by atoms with Gasteiger partial charge >= 0.3 is 0 Å². The molecule has 1 fully saturated rings. The Kier molecular flexibility index (Phi) is 5.48. The fourth-order valence-electron chi connectivity index (χ4n) is 2.19. The lowest BCUT2D eigenvalue weighted by atomic mass is 10.3. The van der Waals surface area contributed by atoms with Crippen molar-refractivity contribution in [2.24, 2.45) is 0 Å². The van der Waals surface area contributed by atoms with Crippen molar-refractivity contribution in [1.82, 2.24) is 4.90 Å². The Morgan fingerprint density at radius 1 is 1.27 bits per heavy atom. The molecule has 2 heterocycles. The monoisotopic (exact) mass is 436 g/mol. The highest BCUT2D eigenvalue weighted by molar-refractivity contribution is 9.10. The van der Waals surface area contributed by atoms with E-state index < -0.39 is 17.1 Å². The number of nitrogens with one attached hydrogen (secondary N) is 1. The Balaban J connectivity index is 1.65. The number of amides is 3. The molecular formula is C17H13BrN2O5S. The van der Waals surface area contributed by atoms with Gasteiger partial charge in [0.15, 0.2) is 4.67 Å².